The van der Waals surface area contributed by atoms with E-state index in [0.29, 0.717) is 0 Å². The number of carbonyl (C=O) groups is 2. The first-order chi connectivity index (χ1) is 13.8. The summed E-state index contributed by atoms with van der Waals surface area (Å²) in [6.45, 7) is 3.13. The molecule has 0 saturated carbocycles. The Labute approximate surface area is 185 Å². The highest BCUT2D eigenvalue weighted by Gasteiger charge is 2.29. The highest BCUT2D eigenvalue weighted by atomic mass is 35.5. The van der Waals surface area contributed by atoms with Gasteiger partial charge >= 0.3 is 5.97 Å². The average molecular weight is 501 g/mol. The number of hydrogen-bond donors (Lipinski definition) is 2. The first-order valence-corrected chi connectivity index (χ1v) is 13.0. The van der Waals surface area contributed by atoms with E-state index in [1.54, 1.807) is 0 Å². The molecule has 9 nitrogen and oxygen atoms in total. The summed E-state index contributed by atoms with van der Waals surface area (Å²) in [5.41, 5.74) is -0.276. The molecule has 2 N–H and O–H groups in total. The van der Waals surface area contributed by atoms with Gasteiger partial charge in [0.25, 0.3) is 5.91 Å². The van der Waals surface area contributed by atoms with Crippen LogP contribution in [0.5, 0.6) is 0 Å². The lowest BCUT2D eigenvalue weighted by Crippen LogP contribution is -2.38. The monoisotopic (exact) mass is 500 g/mol. The van der Waals surface area contributed by atoms with E-state index in [0.717, 1.165) is 12.1 Å². The molecule has 13 heteroatoms. The van der Waals surface area contributed by atoms with Crippen LogP contribution in [-0.4, -0.2) is 59.4 Å². The maximum atomic E-state index is 12.5. The van der Waals surface area contributed by atoms with Crippen molar-refractivity contribution in [1.29, 1.82) is 0 Å². The molecule has 1 amide bonds. The minimum atomic E-state index is -4.00. The molecule has 0 spiro atoms. The number of sulfonamides is 1. The molecule has 1 fully saturated rings. The van der Waals surface area contributed by atoms with Crippen LogP contribution in [0.4, 0.5) is 0 Å². The molecule has 1 aromatic carbocycles. The maximum absolute atomic E-state index is 12.5. The molecule has 30 heavy (non-hydrogen) atoms. The van der Waals surface area contributed by atoms with Gasteiger partial charge in [-0.15, -0.1) is 0 Å². The molecule has 1 atom stereocenters. The molecule has 168 valence electrons. The van der Waals surface area contributed by atoms with Crippen molar-refractivity contribution in [3.63, 3.8) is 0 Å². The van der Waals surface area contributed by atoms with E-state index in [1.807, 2.05) is 13.8 Å². The van der Waals surface area contributed by atoms with Gasteiger partial charge in [0.1, 0.15) is 4.90 Å². The van der Waals surface area contributed by atoms with Crippen LogP contribution in [0.15, 0.2) is 17.0 Å². The van der Waals surface area contributed by atoms with Crippen LogP contribution in [0, 0.1) is 5.92 Å². The van der Waals surface area contributed by atoms with E-state index in [4.69, 9.17) is 27.9 Å². The van der Waals surface area contributed by atoms with Gasteiger partial charge in [-0.2, -0.15) is 0 Å². The number of rotatable bonds is 8. The number of carbonyl (C=O) groups excluding carboxylic acids is 2. The van der Waals surface area contributed by atoms with E-state index >= 15 is 0 Å². The quantitative estimate of drug-likeness (QED) is 0.514. The van der Waals surface area contributed by atoms with E-state index in [1.165, 1.54) is 0 Å². The summed E-state index contributed by atoms with van der Waals surface area (Å²) in [5, 5.41) is 2.16. The molecule has 1 heterocycles. The number of benzene rings is 1. The summed E-state index contributed by atoms with van der Waals surface area (Å²) in [6, 6.07) is 1.55. The zero-order valence-corrected chi connectivity index (χ0v) is 19.4. The Kier molecular flexibility index (Phi) is 8.14. The Morgan fingerprint density at radius 1 is 1.23 bits per heavy atom. The van der Waals surface area contributed by atoms with Crippen molar-refractivity contribution >= 4 is 54.9 Å². The molecule has 1 aliphatic heterocycles. The number of hydrogen-bond acceptors (Lipinski definition) is 7. The van der Waals surface area contributed by atoms with Gasteiger partial charge in [0.05, 0.1) is 27.1 Å². The molecule has 0 aliphatic carbocycles. The topological polar surface area (TPSA) is 136 Å². The van der Waals surface area contributed by atoms with Crippen molar-refractivity contribution in [2.24, 2.45) is 5.92 Å². The molecule has 0 aromatic heterocycles. The zero-order chi connectivity index (χ0) is 22.7. The number of sulfone groups is 1. The lowest BCUT2D eigenvalue weighted by atomic mass is 10.2. The number of nitrogens with one attached hydrogen (secondary N) is 2. The van der Waals surface area contributed by atoms with E-state index in [9.17, 15) is 26.4 Å². The van der Waals surface area contributed by atoms with Gasteiger partial charge in [0.2, 0.25) is 10.0 Å². The van der Waals surface area contributed by atoms with E-state index < -0.39 is 44.4 Å². The zero-order valence-electron chi connectivity index (χ0n) is 16.3. The van der Waals surface area contributed by atoms with Crippen molar-refractivity contribution in [3.8, 4) is 0 Å². The third-order valence-electron chi connectivity index (χ3n) is 4.14. The van der Waals surface area contributed by atoms with Crippen LogP contribution in [0.25, 0.3) is 0 Å². The molecule has 2 rings (SSSR count). The number of amides is 1. The third kappa shape index (κ3) is 6.81. The minimum Gasteiger partial charge on any atom is -0.452 e. The molecule has 0 radical (unpaired) electrons. The smallest absolute Gasteiger partial charge is 0.340 e. The van der Waals surface area contributed by atoms with Crippen LogP contribution in [-0.2, 0) is 29.4 Å². The Bertz CT molecular complexity index is 1040. The average Bonchev–Trinajstić information content (AvgIpc) is 2.96. The molecule has 1 aliphatic rings. The maximum Gasteiger partial charge on any atom is 0.340 e. The standard InChI is InChI=1S/C17H22Cl2N2O7S2/c1-10(2)7-20-30(26,27)15-5-12(13(18)6-14(15)19)17(23)28-8-16(22)21-11-3-4-29(24,25)9-11/h5-6,10-11,20H,3-4,7-9H2,1-2H3,(H,21,22)/t11-/m1/s1. The summed E-state index contributed by atoms with van der Waals surface area (Å²) in [6.07, 6.45) is 0.287. The number of halogens is 2. The minimum absolute atomic E-state index is 0.0137. The van der Waals surface area contributed by atoms with Gasteiger partial charge in [-0.05, 0) is 24.5 Å². The van der Waals surface area contributed by atoms with Crippen molar-refractivity contribution < 1.29 is 31.2 Å². The second-order valence-corrected chi connectivity index (χ2v) is 12.0. The number of esters is 1. The Balaban J connectivity index is 2.07. The van der Waals surface area contributed by atoms with Crippen molar-refractivity contribution in [2.75, 3.05) is 24.7 Å². The van der Waals surface area contributed by atoms with Crippen molar-refractivity contribution in [1.82, 2.24) is 10.0 Å². The summed E-state index contributed by atoms with van der Waals surface area (Å²) < 4.78 is 55.0. The fraction of sp³-hybridized carbons (Fsp3) is 0.529. The lowest BCUT2D eigenvalue weighted by Gasteiger charge is -2.13. The third-order valence-corrected chi connectivity index (χ3v) is 8.11. The van der Waals surface area contributed by atoms with E-state index in [-0.39, 0.29) is 50.9 Å². The highest BCUT2D eigenvalue weighted by molar-refractivity contribution is 7.91. The van der Waals surface area contributed by atoms with Crippen molar-refractivity contribution in [3.05, 3.63) is 27.7 Å². The first-order valence-electron chi connectivity index (χ1n) is 8.96. The predicted molar refractivity (Wildman–Crippen MR) is 112 cm³/mol. The Morgan fingerprint density at radius 3 is 2.47 bits per heavy atom. The fourth-order valence-electron chi connectivity index (χ4n) is 2.63. The number of ether oxygens (including phenoxy) is 1. The SMILES string of the molecule is CC(C)CNS(=O)(=O)c1cc(C(=O)OCC(=O)N[C@@H]2CCS(=O)(=O)C2)c(Cl)cc1Cl. The van der Waals surface area contributed by atoms with Gasteiger partial charge in [-0.1, -0.05) is 37.0 Å². The molecular formula is C17H22Cl2N2O7S2. The molecule has 1 aromatic rings. The summed E-state index contributed by atoms with van der Waals surface area (Å²) in [7, 11) is -7.17. The van der Waals surface area contributed by atoms with Gasteiger partial charge in [0, 0.05) is 12.6 Å². The summed E-state index contributed by atoms with van der Waals surface area (Å²) in [4.78, 5) is 23.9. The molecular weight excluding hydrogens is 479 g/mol. The van der Waals surface area contributed by atoms with Crippen LogP contribution < -0.4 is 10.0 Å². The van der Waals surface area contributed by atoms with Gasteiger partial charge in [-0.25, -0.2) is 26.4 Å². The fourth-order valence-corrected chi connectivity index (χ4v) is 6.37. The Hall–Kier alpha value is -1.40. The normalized spacial score (nSPS) is 18.4. The van der Waals surface area contributed by atoms with Crippen LogP contribution >= 0.6 is 23.2 Å². The first kappa shape index (κ1) is 24.9. The largest absolute Gasteiger partial charge is 0.452 e. The lowest BCUT2D eigenvalue weighted by molar-refractivity contribution is -0.124. The second-order valence-electron chi connectivity index (χ2n) is 7.25. The van der Waals surface area contributed by atoms with Gasteiger partial charge in [0.15, 0.2) is 16.4 Å². The molecule has 0 bridgehead atoms. The molecule has 1 saturated heterocycles. The second kappa shape index (κ2) is 9.82. The Morgan fingerprint density at radius 2 is 1.90 bits per heavy atom. The van der Waals surface area contributed by atoms with Crippen LogP contribution in [0.2, 0.25) is 10.0 Å². The highest BCUT2D eigenvalue weighted by Crippen LogP contribution is 2.29. The van der Waals surface area contributed by atoms with Crippen molar-refractivity contribution in [2.45, 2.75) is 31.2 Å². The molecule has 0 unspecified atom stereocenters. The van der Waals surface area contributed by atoms with Crippen LogP contribution in [0.3, 0.4) is 0 Å². The van der Waals surface area contributed by atoms with Gasteiger partial charge in [-0.3, -0.25) is 4.79 Å². The van der Waals surface area contributed by atoms with Gasteiger partial charge < -0.3 is 10.1 Å². The van der Waals surface area contributed by atoms with Crippen LogP contribution in [0.1, 0.15) is 30.6 Å². The summed E-state index contributed by atoms with van der Waals surface area (Å²) in [5.74, 6) is -1.84. The van der Waals surface area contributed by atoms with E-state index in [2.05, 4.69) is 10.0 Å². The predicted octanol–water partition coefficient (Wildman–Crippen LogP) is 1.39. The summed E-state index contributed by atoms with van der Waals surface area (Å²) >= 11 is 12.0.